The standard InChI is InChI=1S/C28H33N7O7S/c1-16(36)29-26-31-21(14-7-17-5-12-20(13-6-17)30-25(32-27(39)40)33-28(41)42)22(43-26)15-35(4)24(38)19-10-8-18(9-11-19)23(37)34(2)3/h5-6,8-13,25,30,32-33H,7,14-15H2,1-4H3,(H,39,40)(H,41,42)(H,29,31,36). The van der Waals surface area contributed by atoms with Crippen LogP contribution in [0.2, 0.25) is 0 Å². The molecular weight excluding hydrogens is 578 g/mol. The van der Waals surface area contributed by atoms with Gasteiger partial charge < -0.3 is 30.6 Å². The molecule has 0 fully saturated rings. The second-order valence-electron chi connectivity index (χ2n) is 9.68. The Hall–Kier alpha value is -5.18. The highest BCUT2D eigenvalue weighted by Crippen LogP contribution is 2.26. The van der Waals surface area contributed by atoms with Crippen molar-refractivity contribution in [2.24, 2.45) is 0 Å². The Morgan fingerprint density at radius 1 is 0.837 bits per heavy atom. The van der Waals surface area contributed by atoms with Gasteiger partial charge in [0.15, 0.2) is 11.4 Å². The van der Waals surface area contributed by atoms with Crippen LogP contribution in [0.15, 0.2) is 48.5 Å². The van der Waals surface area contributed by atoms with E-state index in [1.54, 1.807) is 62.4 Å². The zero-order valence-corrected chi connectivity index (χ0v) is 24.8. The highest BCUT2D eigenvalue weighted by Gasteiger charge is 2.19. The molecule has 0 aliphatic rings. The third-order valence-electron chi connectivity index (χ3n) is 6.02. The van der Waals surface area contributed by atoms with Crippen LogP contribution in [-0.4, -0.2) is 82.3 Å². The largest absolute Gasteiger partial charge is 0.465 e. The third-order valence-corrected chi connectivity index (χ3v) is 7.02. The lowest BCUT2D eigenvalue weighted by atomic mass is 10.1. The number of benzene rings is 2. The van der Waals surface area contributed by atoms with Crippen molar-refractivity contribution in [1.29, 1.82) is 0 Å². The first-order valence-corrected chi connectivity index (χ1v) is 13.8. The molecule has 3 rings (SSSR count). The predicted molar refractivity (Wildman–Crippen MR) is 160 cm³/mol. The van der Waals surface area contributed by atoms with E-state index in [4.69, 9.17) is 10.2 Å². The van der Waals surface area contributed by atoms with Gasteiger partial charge in [-0.05, 0) is 54.8 Å². The van der Waals surface area contributed by atoms with E-state index in [0.29, 0.717) is 34.8 Å². The molecule has 0 aliphatic heterocycles. The molecule has 5 amide bonds. The highest BCUT2D eigenvalue weighted by molar-refractivity contribution is 7.15. The molecule has 0 unspecified atom stereocenters. The predicted octanol–water partition coefficient (Wildman–Crippen LogP) is 3.09. The maximum absolute atomic E-state index is 13.1. The van der Waals surface area contributed by atoms with Gasteiger partial charge in [0.25, 0.3) is 11.8 Å². The number of nitrogens with zero attached hydrogens (tertiary/aromatic N) is 3. The van der Waals surface area contributed by atoms with E-state index in [1.807, 2.05) is 22.8 Å². The summed E-state index contributed by atoms with van der Waals surface area (Å²) in [7, 11) is 4.98. The van der Waals surface area contributed by atoms with Crippen LogP contribution in [0.1, 0.15) is 43.8 Å². The van der Waals surface area contributed by atoms with E-state index in [9.17, 15) is 24.0 Å². The Morgan fingerprint density at radius 3 is 1.91 bits per heavy atom. The van der Waals surface area contributed by atoms with Crippen molar-refractivity contribution in [3.63, 3.8) is 0 Å². The number of carbonyl (C=O) groups excluding carboxylic acids is 3. The Balaban J connectivity index is 1.69. The van der Waals surface area contributed by atoms with Crippen molar-refractivity contribution in [3.8, 4) is 0 Å². The van der Waals surface area contributed by atoms with Gasteiger partial charge in [-0.15, -0.1) is 0 Å². The quantitative estimate of drug-likeness (QED) is 0.167. The lowest BCUT2D eigenvalue weighted by Crippen LogP contribution is -2.52. The smallest absolute Gasteiger partial charge is 0.407 e. The van der Waals surface area contributed by atoms with Crippen LogP contribution in [0.4, 0.5) is 20.4 Å². The molecule has 1 aromatic heterocycles. The molecule has 43 heavy (non-hydrogen) atoms. The lowest BCUT2D eigenvalue weighted by molar-refractivity contribution is -0.114. The SMILES string of the molecule is CC(=O)Nc1nc(CCc2ccc(NC(NC(=O)O)NC(=O)O)cc2)c(CN(C)C(=O)c2ccc(C(=O)N(C)C)cc2)s1. The lowest BCUT2D eigenvalue weighted by Gasteiger charge is -2.19. The molecule has 0 radical (unpaired) electrons. The molecule has 1 heterocycles. The summed E-state index contributed by atoms with van der Waals surface area (Å²) >= 11 is 1.29. The number of aryl methyl sites for hydroxylation is 2. The van der Waals surface area contributed by atoms with Crippen molar-refractivity contribution in [3.05, 3.63) is 75.8 Å². The number of hydrogen-bond donors (Lipinski definition) is 6. The summed E-state index contributed by atoms with van der Waals surface area (Å²) in [5.41, 5.74) is 3.04. The van der Waals surface area contributed by atoms with E-state index in [-0.39, 0.29) is 24.3 Å². The van der Waals surface area contributed by atoms with Crippen LogP contribution in [0, 0.1) is 0 Å². The molecule has 3 aromatic rings. The second-order valence-corrected chi connectivity index (χ2v) is 10.8. The zero-order valence-electron chi connectivity index (χ0n) is 24.0. The summed E-state index contributed by atoms with van der Waals surface area (Å²) in [6.45, 7) is 1.64. The molecule has 6 N–H and O–H groups in total. The van der Waals surface area contributed by atoms with E-state index in [0.717, 1.165) is 16.1 Å². The topological polar surface area (TPSA) is 193 Å². The maximum Gasteiger partial charge on any atom is 0.407 e. The Kier molecular flexibility index (Phi) is 11.0. The van der Waals surface area contributed by atoms with Crippen LogP contribution >= 0.6 is 11.3 Å². The first-order chi connectivity index (χ1) is 20.3. The summed E-state index contributed by atoms with van der Waals surface area (Å²) in [6, 6.07) is 13.4. The number of carboxylic acid groups (broad SMARTS) is 2. The number of thiazole rings is 1. The number of anilines is 2. The summed E-state index contributed by atoms with van der Waals surface area (Å²) in [5.74, 6) is -0.659. The summed E-state index contributed by atoms with van der Waals surface area (Å²) < 4.78 is 0. The highest BCUT2D eigenvalue weighted by atomic mass is 32.1. The van der Waals surface area contributed by atoms with E-state index < -0.39 is 18.5 Å². The minimum Gasteiger partial charge on any atom is -0.465 e. The molecule has 228 valence electrons. The van der Waals surface area contributed by atoms with Crippen molar-refractivity contribution in [2.75, 3.05) is 31.8 Å². The first kappa shape index (κ1) is 32.3. The Morgan fingerprint density at radius 2 is 1.40 bits per heavy atom. The van der Waals surface area contributed by atoms with Crippen LogP contribution in [0.25, 0.3) is 0 Å². The van der Waals surface area contributed by atoms with Gasteiger partial charge in [0.05, 0.1) is 12.2 Å². The molecule has 0 saturated heterocycles. The van der Waals surface area contributed by atoms with Crippen molar-refractivity contribution < 1.29 is 34.2 Å². The summed E-state index contributed by atoms with van der Waals surface area (Å²) in [5, 5.41) is 27.7. The monoisotopic (exact) mass is 611 g/mol. The fourth-order valence-electron chi connectivity index (χ4n) is 3.98. The van der Waals surface area contributed by atoms with E-state index in [1.165, 1.54) is 23.2 Å². The van der Waals surface area contributed by atoms with E-state index >= 15 is 0 Å². The average Bonchev–Trinajstić information content (AvgIpc) is 3.30. The first-order valence-electron chi connectivity index (χ1n) is 13.0. The van der Waals surface area contributed by atoms with Crippen molar-refractivity contribution in [1.82, 2.24) is 25.4 Å². The summed E-state index contributed by atoms with van der Waals surface area (Å²) in [4.78, 5) is 67.2. The average molecular weight is 612 g/mol. The van der Waals surface area contributed by atoms with Gasteiger partial charge in [0, 0.05) is 49.8 Å². The molecule has 0 aliphatic carbocycles. The van der Waals surface area contributed by atoms with E-state index in [2.05, 4.69) is 15.6 Å². The minimum absolute atomic E-state index is 0.160. The zero-order chi connectivity index (χ0) is 31.7. The molecule has 15 heteroatoms. The molecule has 0 bridgehead atoms. The fraction of sp³-hybridized carbons (Fsp3) is 0.286. The van der Waals surface area contributed by atoms with Gasteiger partial charge >= 0.3 is 12.2 Å². The fourth-order valence-corrected chi connectivity index (χ4v) is 5.09. The third kappa shape index (κ3) is 9.71. The molecule has 0 atom stereocenters. The second kappa shape index (κ2) is 14.6. The number of aromatic nitrogens is 1. The molecule has 14 nitrogen and oxygen atoms in total. The van der Waals surface area contributed by atoms with Gasteiger partial charge in [-0.2, -0.15) is 0 Å². The van der Waals surface area contributed by atoms with Crippen molar-refractivity contribution >= 4 is 52.1 Å². The van der Waals surface area contributed by atoms with Gasteiger partial charge in [-0.3, -0.25) is 25.0 Å². The Labute approximate surface area is 251 Å². The van der Waals surface area contributed by atoms with Crippen LogP contribution < -0.4 is 21.3 Å². The van der Waals surface area contributed by atoms with Gasteiger partial charge in [0.1, 0.15) is 0 Å². The number of amides is 5. The normalized spacial score (nSPS) is 10.5. The molecule has 0 saturated carbocycles. The van der Waals surface area contributed by atoms with Gasteiger partial charge in [0.2, 0.25) is 5.91 Å². The number of rotatable bonds is 12. The maximum atomic E-state index is 13.1. The molecule has 0 spiro atoms. The van der Waals surface area contributed by atoms with Crippen LogP contribution in [0.3, 0.4) is 0 Å². The Bertz CT molecular complexity index is 1460. The van der Waals surface area contributed by atoms with Gasteiger partial charge in [-0.1, -0.05) is 23.5 Å². The van der Waals surface area contributed by atoms with Crippen LogP contribution in [0.5, 0.6) is 0 Å². The van der Waals surface area contributed by atoms with Crippen molar-refractivity contribution in [2.45, 2.75) is 32.6 Å². The summed E-state index contributed by atoms with van der Waals surface area (Å²) in [6.07, 6.45) is -2.97. The number of hydrogen-bond acceptors (Lipinski definition) is 8. The van der Waals surface area contributed by atoms with Gasteiger partial charge in [-0.25, -0.2) is 14.6 Å². The minimum atomic E-state index is -1.40. The molecule has 2 aromatic carbocycles. The number of carbonyl (C=O) groups is 5. The van der Waals surface area contributed by atoms with Crippen LogP contribution in [-0.2, 0) is 24.2 Å². The number of nitrogens with one attached hydrogen (secondary N) is 4. The molecular formula is C28H33N7O7S.